The van der Waals surface area contributed by atoms with E-state index in [9.17, 15) is 4.79 Å². The van der Waals surface area contributed by atoms with Crippen LogP contribution >= 0.6 is 0 Å². The van der Waals surface area contributed by atoms with Gasteiger partial charge in [-0.2, -0.15) is 0 Å². The second-order valence-corrected chi connectivity index (χ2v) is 5.66. The molecule has 0 radical (unpaired) electrons. The van der Waals surface area contributed by atoms with E-state index in [1.165, 1.54) is 0 Å². The van der Waals surface area contributed by atoms with Gasteiger partial charge in [0.25, 0.3) is 0 Å². The van der Waals surface area contributed by atoms with Crippen LogP contribution in [0.2, 0.25) is 0 Å². The van der Waals surface area contributed by atoms with Crippen LogP contribution in [0.4, 0.5) is 0 Å². The Morgan fingerprint density at radius 1 is 1.33 bits per heavy atom. The Hall–Kier alpha value is -0.690. The Morgan fingerprint density at radius 2 is 2.00 bits per heavy atom. The average Bonchev–Trinajstić information content (AvgIpc) is 2.42. The molecule has 3 N–H and O–H groups in total. The maximum absolute atomic E-state index is 11.6. The van der Waals surface area contributed by atoms with Gasteiger partial charge >= 0.3 is 0 Å². The van der Waals surface area contributed by atoms with E-state index >= 15 is 0 Å². The molecule has 1 amide bonds. The summed E-state index contributed by atoms with van der Waals surface area (Å²) < 4.78 is 10.4. The number of amides is 1. The maximum Gasteiger partial charge on any atom is 0.237 e. The molecule has 6 heteroatoms. The number of nitrogens with two attached hydrogens (primary N) is 1. The second-order valence-electron chi connectivity index (χ2n) is 5.66. The van der Waals surface area contributed by atoms with E-state index in [1.807, 2.05) is 13.8 Å². The fourth-order valence-corrected chi connectivity index (χ4v) is 2.43. The number of methoxy groups -OCH3 is 2. The van der Waals surface area contributed by atoms with Crippen molar-refractivity contribution >= 4 is 5.91 Å². The van der Waals surface area contributed by atoms with E-state index in [-0.39, 0.29) is 5.91 Å². The van der Waals surface area contributed by atoms with Gasteiger partial charge in [-0.15, -0.1) is 0 Å². The van der Waals surface area contributed by atoms with Crippen molar-refractivity contribution in [1.82, 2.24) is 10.2 Å². The summed E-state index contributed by atoms with van der Waals surface area (Å²) in [4.78, 5) is 13.9. The predicted molar refractivity (Wildman–Crippen MR) is 85.3 cm³/mol. The van der Waals surface area contributed by atoms with Crippen LogP contribution in [0.15, 0.2) is 0 Å². The SMILES string of the molecule is CCNC(C)(CCCN(CCOC)C(C)COC)C(N)=O. The summed E-state index contributed by atoms with van der Waals surface area (Å²) in [5, 5.41) is 3.19. The van der Waals surface area contributed by atoms with Crippen molar-refractivity contribution in [2.75, 3.05) is 47.1 Å². The second kappa shape index (κ2) is 11.0. The van der Waals surface area contributed by atoms with E-state index in [0.717, 1.165) is 32.5 Å². The fraction of sp³-hybridized carbons (Fsp3) is 0.933. The molecule has 0 aliphatic carbocycles. The van der Waals surface area contributed by atoms with Crippen molar-refractivity contribution in [1.29, 1.82) is 0 Å². The summed E-state index contributed by atoms with van der Waals surface area (Å²) in [6.45, 7) is 9.84. The molecule has 2 atom stereocenters. The molecule has 0 aliphatic heterocycles. The number of nitrogens with zero attached hydrogens (tertiary/aromatic N) is 1. The number of carbonyl (C=O) groups excluding carboxylic acids is 1. The van der Waals surface area contributed by atoms with E-state index in [4.69, 9.17) is 15.2 Å². The Kier molecular flexibility index (Phi) is 10.6. The molecule has 0 fully saturated rings. The lowest BCUT2D eigenvalue weighted by Crippen LogP contribution is -2.53. The molecule has 6 nitrogen and oxygen atoms in total. The van der Waals surface area contributed by atoms with Gasteiger partial charge in [-0.05, 0) is 39.8 Å². The Balaban J connectivity index is 4.41. The minimum Gasteiger partial charge on any atom is -0.383 e. The predicted octanol–water partition coefficient (Wildman–Crippen LogP) is 0.603. The van der Waals surface area contributed by atoms with E-state index in [2.05, 4.69) is 17.1 Å². The lowest BCUT2D eigenvalue weighted by atomic mass is 9.94. The molecule has 0 rings (SSSR count). The molecule has 126 valence electrons. The number of likely N-dealkylation sites (N-methyl/N-ethyl adjacent to an activating group) is 1. The maximum atomic E-state index is 11.6. The van der Waals surface area contributed by atoms with Gasteiger partial charge in [0.1, 0.15) is 0 Å². The number of carbonyl (C=O) groups is 1. The molecule has 0 aromatic carbocycles. The molecule has 0 saturated heterocycles. The van der Waals surface area contributed by atoms with Crippen LogP contribution in [-0.2, 0) is 14.3 Å². The first-order valence-electron chi connectivity index (χ1n) is 7.68. The van der Waals surface area contributed by atoms with Gasteiger partial charge in [-0.25, -0.2) is 0 Å². The third kappa shape index (κ3) is 7.76. The van der Waals surface area contributed by atoms with Gasteiger partial charge in [-0.3, -0.25) is 9.69 Å². The van der Waals surface area contributed by atoms with E-state index in [0.29, 0.717) is 19.3 Å². The quantitative estimate of drug-likeness (QED) is 0.521. The standard InChI is InChI=1S/C15H33N3O3/c1-6-17-15(3,14(16)19)8-7-9-18(10-11-20-4)13(2)12-21-5/h13,17H,6-12H2,1-5H3,(H2,16,19). The monoisotopic (exact) mass is 303 g/mol. The summed E-state index contributed by atoms with van der Waals surface area (Å²) in [6.07, 6.45) is 1.61. The first kappa shape index (κ1) is 20.3. The third-order valence-corrected chi connectivity index (χ3v) is 3.85. The van der Waals surface area contributed by atoms with E-state index in [1.54, 1.807) is 14.2 Å². The van der Waals surface area contributed by atoms with Gasteiger partial charge < -0.3 is 20.5 Å². The Labute approximate surface area is 129 Å². The summed E-state index contributed by atoms with van der Waals surface area (Å²) in [5.74, 6) is -0.294. The van der Waals surface area contributed by atoms with E-state index < -0.39 is 5.54 Å². The number of nitrogens with one attached hydrogen (secondary N) is 1. The van der Waals surface area contributed by atoms with Crippen molar-refractivity contribution in [3.63, 3.8) is 0 Å². The number of primary amides is 1. The van der Waals surface area contributed by atoms with Gasteiger partial charge in [0.2, 0.25) is 5.91 Å². The number of ether oxygens (including phenoxy) is 2. The zero-order chi connectivity index (χ0) is 16.3. The molecule has 0 saturated carbocycles. The topological polar surface area (TPSA) is 76.8 Å². The molecule has 0 aromatic rings. The number of rotatable bonds is 13. The molecule has 0 heterocycles. The van der Waals surface area contributed by atoms with Gasteiger partial charge in [0, 0.05) is 26.8 Å². The van der Waals surface area contributed by atoms with Crippen LogP contribution in [0.25, 0.3) is 0 Å². The van der Waals surface area contributed by atoms with Crippen LogP contribution in [0, 0.1) is 0 Å². The summed E-state index contributed by atoms with van der Waals surface area (Å²) in [7, 11) is 3.41. The van der Waals surface area contributed by atoms with Crippen LogP contribution in [0.1, 0.15) is 33.6 Å². The smallest absolute Gasteiger partial charge is 0.237 e. The molecule has 0 spiro atoms. The van der Waals surface area contributed by atoms with Crippen LogP contribution in [-0.4, -0.2) is 69.5 Å². The van der Waals surface area contributed by atoms with Crippen LogP contribution in [0.3, 0.4) is 0 Å². The zero-order valence-electron chi connectivity index (χ0n) is 14.3. The molecule has 0 bridgehead atoms. The molecular formula is C15H33N3O3. The van der Waals surface area contributed by atoms with Crippen molar-refractivity contribution < 1.29 is 14.3 Å². The molecule has 0 aromatic heterocycles. The summed E-state index contributed by atoms with van der Waals surface area (Å²) in [6, 6.07) is 0.323. The molecule has 0 aliphatic rings. The fourth-order valence-electron chi connectivity index (χ4n) is 2.43. The Bertz CT molecular complexity index is 289. The third-order valence-electron chi connectivity index (χ3n) is 3.85. The molecule has 2 unspecified atom stereocenters. The van der Waals surface area contributed by atoms with Crippen molar-refractivity contribution in [2.24, 2.45) is 5.73 Å². The summed E-state index contributed by atoms with van der Waals surface area (Å²) in [5.41, 5.74) is 4.87. The van der Waals surface area contributed by atoms with Crippen LogP contribution in [0.5, 0.6) is 0 Å². The van der Waals surface area contributed by atoms with Crippen LogP contribution < -0.4 is 11.1 Å². The van der Waals surface area contributed by atoms with Crippen molar-refractivity contribution in [3.05, 3.63) is 0 Å². The highest BCUT2D eigenvalue weighted by Gasteiger charge is 2.29. The van der Waals surface area contributed by atoms with Crippen molar-refractivity contribution in [2.45, 2.75) is 45.2 Å². The van der Waals surface area contributed by atoms with Gasteiger partial charge in [0.05, 0.1) is 18.8 Å². The van der Waals surface area contributed by atoms with Crippen molar-refractivity contribution in [3.8, 4) is 0 Å². The lowest BCUT2D eigenvalue weighted by Gasteiger charge is -2.31. The normalized spacial score (nSPS) is 15.9. The minimum absolute atomic E-state index is 0.294. The largest absolute Gasteiger partial charge is 0.383 e. The minimum atomic E-state index is -0.633. The highest BCUT2D eigenvalue weighted by molar-refractivity contribution is 5.84. The lowest BCUT2D eigenvalue weighted by molar-refractivity contribution is -0.124. The van der Waals surface area contributed by atoms with Gasteiger partial charge in [-0.1, -0.05) is 6.92 Å². The Morgan fingerprint density at radius 3 is 2.48 bits per heavy atom. The average molecular weight is 303 g/mol. The summed E-state index contributed by atoms with van der Waals surface area (Å²) >= 11 is 0. The highest BCUT2D eigenvalue weighted by Crippen LogP contribution is 2.13. The van der Waals surface area contributed by atoms with Gasteiger partial charge in [0.15, 0.2) is 0 Å². The first-order chi connectivity index (χ1) is 9.91. The molecule has 21 heavy (non-hydrogen) atoms. The first-order valence-corrected chi connectivity index (χ1v) is 7.68. The zero-order valence-corrected chi connectivity index (χ0v) is 14.3. The molecular weight excluding hydrogens is 270 g/mol. The number of hydrogen-bond acceptors (Lipinski definition) is 5. The number of hydrogen-bond donors (Lipinski definition) is 2. The highest BCUT2D eigenvalue weighted by atomic mass is 16.5.